The lowest BCUT2D eigenvalue weighted by Gasteiger charge is -2.34. The molecule has 122 valence electrons. The number of nitrogens with zero attached hydrogens (tertiary/aromatic N) is 3. The Balaban J connectivity index is 1.27. The molecule has 0 spiro atoms. The summed E-state index contributed by atoms with van der Waals surface area (Å²) in [6, 6.07) is 10.3. The van der Waals surface area contributed by atoms with Crippen LogP contribution in [0, 0.1) is 0 Å². The summed E-state index contributed by atoms with van der Waals surface area (Å²) in [5.41, 5.74) is 2.29. The highest BCUT2D eigenvalue weighted by molar-refractivity contribution is 6.31. The summed E-state index contributed by atoms with van der Waals surface area (Å²) in [5.74, 6) is 1.72. The fraction of sp³-hybridized carbons (Fsp3) is 0.500. The number of halogens is 1. The van der Waals surface area contributed by atoms with Crippen molar-refractivity contribution in [1.29, 1.82) is 0 Å². The van der Waals surface area contributed by atoms with Crippen LogP contribution in [0.3, 0.4) is 0 Å². The van der Waals surface area contributed by atoms with E-state index in [4.69, 9.17) is 16.1 Å². The topological polar surface area (TPSA) is 32.5 Å². The van der Waals surface area contributed by atoms with E-state index >= 15 is 0 Å². The van der Waals surface area contributed by atoms with Gasteiger partial charge in [-0.1, -0.05) is 35.0 Å². The van der Waals surface area contributed by atoms with Crippen LogP contribution < -0.4 is 0 Å². The van der Waals surface area contributed by atoms with Crippen molar-refractivity contribution in [3.8, 4) is 0 Å². The molecular weight excluding hydrogens is 310 g/mol. The van der Waals surface area contributed by atoms with Crippen LogP contribution in [0.25, 0.3) is 0 Å². The molecule has 2 aromatic rings. The van der Waals surface area contributed by atoms with Gasteiger partial charge in [0.25, 0.3) is 0 Å². The highest BCUT2D eigenvalue weighted by Crippen LogP contribution is 2.40. The van der Waals surface area contributed by atoms with E-state index in [9.17, 15) is 0 Å². The lowest BCUT2D eigenvalue weighted by molar-refractivity contribution is 0.120. The van der Waals surface area contributed by atoms with Gasteiger partial charge in [-0.25, -0.2) is 0 Å². The smallest absolute Gasteiger partial charge is 0.140 e. The molecule has 5 heteroatoms. The fourth-order valence-corrected chi connectivity index (χ4v) is 3.36. The maximum Gasteiger partial charge on any atom is 0.140 e. The van der Waals surface area contributed by atoms with Crippen molar-refractivity contribution in [2.24, 2.45) is 0 Å². The first-order valence-electron chi connectivity index (χ1n) is 8.41. The average molecular weight is 332 g/mol. The zero-order valence-electron chi connectivity index (χ0n) is 13.2. The third-order valence-electron chi connectivity index (χ3n) is 4.76. The third-order valence-corrected chi connectivity index (χ3v) is 5.13. The van der Waals surface area contributed by atoms with E-state index in [2.05, 4.69) is 33.2 Å². The van der Waals surface area contributed by atoms with Crippen LogP contribution in [0.4, 0.5) is 0 Å². The number of piperazine rings is 1. The molecule has 4 nitrogen and oxygen atoms in total. The van der Waals surface area contributed by atoms with Crippen molar-refractivity contribution in [2.75, 3.05) is 26.2 Å². The van der Waals surface area contributed by atoms with Gasteiger partial charge in [-0.05, 0) is 24.5 Å². The van der Waals surface area contributed by atoms with Crippen molar-refractivity contribution in [3.63, 3.8) is 0 Å². The second kappa shape index (κ2) is 6.63. The van der Waals surface area contributed by atoms with Crippen molar-refractivity contribution in [3.05, 3.63) is 52.4 Å². The molecule has 1 aliphatic heterocycles. The molecule has 0 unspecified atom stereocenters. The number of hydrogen-bond acceptors (Lipinski definition) is 4. The summed E-state index contributed by atoms with van der Waals surface area (Å²) in [6.45, 7) is 6.10. The molecule has 23 heavy (non-hydrogen) atoms. The van der Waals surface area contributed by atoms with Crippen molar-refractivity contribution in [2.45, 2.75) is 31.8 Å². The van der Waals surface area contributed by atoms with Crippen molar-refractivity contribution < 1.29 is 4.52 Å². The van der Waals surface area contributed by atoms with Gasteiger partial charge in [0.05, 0.1) is 5.69 Å². The second-order valence-electron chi connectivity index (χ2n) is 6.64. The lowest BCUT2D eigenvalue weighted by Crippen LogP contribution is -2.45. The van der Waals surface area contributed by atoms with Crippen LogP contribution in [0.1, 0.15) is 35.8 Å². The molecule has 1 saturated carbocycles. The van der Waals surface area contributed by atoms with Gasteiger partial charge in [-0.2, -0.15) is 0 Å². The average Bonchev–Trinajstić information content (AvgIpc) is 3.32. The van der Waals surface area contributed by atoms with Crippen LogP contribution in [0.15, 0.2) is 34.9 Å². The second-order valence-corrected chi connectivity index (χ2v) is 7.05. The highest BCUT2D eigenvalue weighted by atomic mass is 35.5. The first-order valence-corrected chi connectivity index (χ1v) is 8.79. The summed E-state index contributed by atoms with van der Waals surface area (Å²) >= 11 is 6.26. The summed E-state index contributed by atoms with van der Waals surface area (Å²) in [5, 5.41) is 5.09. The van der Waals surface area contributed by atoms with Crippen LogP contribution in [0.2, 0.25) is 5.02 Å². The van der Waals surface area contributed by atoms with Gasteiger partial charge in [0.15, 0.2) is 0 Å². The molecule has 2 fully saturated rings. The first-order chi connectivity index (χ1) is 11.3. The van der Waals surface area contributed by atoms with E-state index in [0.29, 0.717) is 5.92 Å². The summed E-state index contributed by atoms with van der Waals surface area (Å²) in [7, 11) is 0. The minimum Gasteiger partial charge on any atom is -0.361 e. The van der Waals surface area contributed by atoms with Crippen LogP contribution in [0.5, 0.6) is 0 Å². The number of benzene rings is 1. The number of rotatable bonds is 5. The minimum atomic E-state index is 0.642. The van der Waals surface area contributed by atoms with Gasteiger partial charge in [-0.3, -0.25) is 9.80 Å². The van der Waals surface area contributed by atoms with Crippen LogP contribution in [-0.4, -0.2) is 41.1 Å². The van der Waals surface area contributed by atoms with Crippen LogP contribution >= 0.6 is 11.6 Å². The molecule has 0 amide bonds. The largest absolute Gasteiger partial charge is 0.361 e. The maximum absolute atomic E-state index is 6.26. The fourth-order valence-electron chi connectivity index (χ4n) is 3.17. The molecule has 1 aromatic heterocycles. The summed E-state index contributed by atoms with van der Waals surface area (Å²) in [6.07, 6.45) is 2.52. The van der Waals surface area contributed by atoms with E-state index in [-0.39, 0.29) is 0 Å². The van der Waals surface area contributed by atoms with Gasteiger partial charge in [0.1, 0.15) is 5.76 Å². The molecule has 0 bridgehead atoms. The van der Waals surface area contributed by atoms with E-state index in [1.165, 1.54) is 18.4 Å². The predicted octanol–water partition coefficient (Wildman–Crippen LogP) is 3.52. The molecule has 1 aromatic carbocycles. The van der Waals surface area contributed by atoms with Gasteiger partial charge in [0.2, 0.25) is 0 Å². The Hall–Kier alpha value is -1.36. The van der Waals surface area contributed by atoms with E-state index < -0.39 is 0 Å². The molecule has 1 saturated heterocycles. The molecular formula is C18H22ClN3O. The van der Waals surface area contributed by atoms with Gasteiger partial charge >= 0.3 is 0 Å². The zero-order valence-corrected chi connectivity index (χ0v) is 14.0. The standard InChI is InChI=1S/C18H22ClN3O/c19-17-4-2-1-3-15(17)12-21-7-9-22(10-8-21)13-16-11-18(23-20-16)14-5-6-14/h1-4,11,14H,5-10,12-13H2. The molecule has 1 aliphatic carbocycles. The molecule has 0 radical (unpaired) electrons. The maximum atomic E-state index is 6.26. The zero-order chi connectivity index (χ0) is 15.6. The van der Waals surface area contributed by atoms with E-state index in [1.807, 2.05) is 12.1 Å². The Bertz CT molecular complexity index is 660. The summed E-state index contributed by atoms with van der Waals surface area (Å²) in [4.78, 5) is 4.92. The van der Waals surface area contributed by atoms with E-state index in [1.54, 1.807) is 0 Å². The normalized spacial score (nSPS) is 20.0. The quantitative estimate of drug-likeness (QED) is 0.839. The monoisotopic (exact) mass is 331 g/mol. The Morgan fingerprint density at radius 3 is 2.43 bits per heavy atom. The molecule has 0 atom stereocenters. The molecule has 2 heterocycles. The van der Waals surface area contributed by atoms with Gasteiger partial charge in [0, 0.05) is 56.3 Å². The Morgan fingerprint density at radius 1 is 1.04 bits per heavy atom. The predicted molar refractivity (Wildman–Crippen MR) is 90.5 cm³/mol. The molecule has 4 rings (SSSR count). The van der Waals surface area contributed by atoms with Gasteiger partial charge in [-0.15, -0.1) is 0 Å². The third kappa shape index (κ3) is 3.77. The Kier molecular flexibility index (Phi) is 4.38. The van der Waals surface area contributed by atoms with Crippen LogP contribution in [-0.2, 0) is 13.1 Å². The lowest BCUT2D eigenvalue weighted by atomic mass is 10.2. The SMILES string of the molecule is Clc1ccccc1CN1CCN(Cc2cc(C3CC3)on2)CC1. The highest BCUT2D eigenvalue weighted by Gasteiger charge is 2.28. The Labute approximate surface area is 142 Å². The Morgan fingerprint density at radius 2 is 1.74 bits per heavy atom. The first kappa shape index (κ1) is 15.2. The minimum absolute atomic E-state index is 0.642. The molecule has 2 aliphatic rings. The summed E-state index contributed by atoms with van der Waals surface area (Å²) < 4.78 is 5.44. The van der Waals surface area contributed by atoms with Gasteiger partial charge < -0.3 is 4.52 Å². The number of aromatic nitrogens is 1. The van der Waals surface area contributed by atoms with Crippen molar-refractivity contribution >= 4 is 11.6 Å². The van der Waals surface area contributed by atoms with E-state index in [0.717, 1.165) is 55.7 Å². The molecule has 0 N–H and O–H groups in total. The number of hydrogen-bond donors (Lipinski definition) is 0. The van der Waals surface area contributed by atoms with Crippen molar-refractivity contribution in [1.82, 2.24) is 15.0 Å².